The van der Waals surface area contributed by atoms with E-state index in [0.717, 1.165) is 6.55 Å². The molecule has 0 spiro atoms. The van der Waals surface area contributed by atoms with Crippen molar-refractivity contribution in [3.63, 3.8) is 0 Å². The van der Waals surface area contributed by atoms with Crippen LogP contribution in [0.25, 0.3) is 0 Å². The summed E-state index contributed by atoms with van der Waals surface area (Å²) >= 11 is 0. The third-order valence-electron chi connectivity index (χ3n) is 2.02. The third kappa shape index (κ3) is 2.02. The van der Waals surface area contributed by atoms with Gasteiger partial charge in [0.2, 0.25) is 0 Å². The van der Waals surface area contributed by atoms with Crippen molar-refractivity contribution in [3.05, 3.63) is 0 Å². The van der Waals surface area contributed by atoms with E-state index in [4.69, 9.17) is 0 Å². The zero-order chi connectivity index (χ0) is 12.0. The fourth-order valence-electron chi connectivity index (χ4n) is 0.825. The topological polar surface area (TPSA) is 102 Å². The van der Waals surface area contributed by atoms with Crippen LogP contribution in [0.4, 0.5) is 0 Å². The number of rotatable bonds is 3. The Hall–Kier alpha value is 0.0669. The molecule has 0 atom stereocenters. The summed E-state index contributed by atoms with van der Waals surface area (Å²) in [7, 11) is -12.4. The van der Waals surface area contributed by atoms with E-state index in [-0.39, 0.29) is 0 Å². The first-order valence-electron chi connectivity index (χ1n) is 3.34. The van der Waals surface area contributed by atoms with E-state index >= 15 is 0 Å². The Morgan fingerprint density at radius 2 is 0.786 bits per heavy atom. The molecule has 0 bridgehead atoms. The average molecular weight is 280 g/mol. The van der Waals surface area contributed by atoms with Gasteiger partial charge in [0.25, 0.3) is 0 Å². The Kier molecular flexibility index (Phi) is 3.30. The molecule has 10 heteroatoms. The number of hydrogen-bond acceptors (Lipinski definition) is 6. The van der Waals surface area contributed by atoms with Crippen molar-refractivity contribution in [1.29, 1.82) is 0 Å². The van der Waals surface area contributed by atoms with Crippen LogP contribution < -0.4 is 0 Å². The molecule has 0 aliphatic rings. The lowest BCUT2D eigenvalue weighted by molar-refractivity contribution is 0.605. The van der Waals surface area contributed by atoms with E-state index in [9.17, 15) is 25.3 Å². The second kappa shape index (κ2) is 3.28. The van der Waals surface area contributed by atoms with E-state index in [0.29, 0.717) is 18.8 Å². The quantitative estimate of drug-likeness (QED) is 0.595. The SMILES string of the molecule is C[Si](S(C)(=O)=O)(S(C)(=O)=O)S(C)(=O)=O. The van der Waals surface area contributed by atoms with Gasteiger partial charge in [-0.25, -0.2) is 25.3 Å². The highest BCUT2D eigenvalue weighted by Crippen LogP contribution is 2.23. The summed E-state index contributed by atoms with van der Waals surface area (Å²) < 4.78 is 67.5. The summed E-state index contributed by atoms with van der Waals surface area (Å²) in [6.07, 6.45) is 1.92. The predicted molar refractivity (Wildman–Crippen MR) is 56.1 cm³/mol. The molecule has 0 amide bonds. The van der Waals surface area contributed by atoms with Crippen LogP contribution in [0.1, 0.15) is 0 Å². The molecule has 0 saturated carbocycles. The third-order valence-corrected chi connectivity index (χ3v) is 34.5. The van der Waals surface area contributed by atoms with Gasteiger partial charge in [0, 0.05) is 18.8 Å². The Balaban J connectivity index is 6.41. The van der Waals surface area contributed by atoms with Crippen molar-refractivity contribution >= 4 is 33.4 Å². The highest BCUT2D eigenvalue weighted by molar-refractivity contribution is 8.73. The molecule has 0 aliphatic heterocycles. The summed E-state index contributed by atoms with van der Waals surface area (Å²) in [5.74, 6) is 0. The Bertz CT molecular complexity index is 445. The molecular weight excluding hydrogens is 268 g/mol. The predicted octanol–water partition coefficient (Wildman–Crippen LogP) is -1.31. The maximum absolute atomic E-state index is 11.2. The largest absolute Gasteiger partial charge is 0.449 e. The maximum Gasteiger partial charge on any atom is 0.449 e. The van der Waals surface area contributed by atoms with Gasteiger partial charge in [0.05, 0.1) is 0 Å². The minimum atomic E-state index is -4.44. The zero-order valence-electron chi connectivity index (χ0n) is 8.17. The molecule has 0 N–H and O–H groups in total. The molecule has 0 heterocycles. The lowest BCUT2D eigenvalue weighted by Crippen LogP contribution is -2.54. The van der Waals surface area contributed by atoms with Crippen LogP contribution in [0.3, 0.4) is 0 Å². The lowest BCUT2D eigenvalue weighted by Gasteiger charge is -2.19. The van der Waals surface area contributed by atoms with Gasteiger partial charge in [-0.05, 0) is 6.55 Å². The smallest absolute Gasteiger partial charge is 0.234 e. The van der Waals surface area contributed by atoms with E-state index in [1.807, 2.05) is 0 Å². The molecule has 0 aliphatic carbocycles. The molecule has 0 fully saturated rings. The molecular formula is C4H12O6S3Si. The van der Waals surface area contributed by atoms with Crippen molar-refractivity contribution in [3.8, 4) is 0 Å². The molecule has 0 aromatic heterocycles. The van der Waals surface area contributed by atoms with Crippen molar-refractivity contribution < 1.29 is 25.3 Å². The van der Waals surface area contributed by atoms with Crippen LogP contribution in [-0.2, 0) is 27.9 Å². The second-order valence-electron chi connectivity index (χ2n) is 3.18. The van der Waals surface area contributed by atoms with Gasteiger partial charge in [-0.15, -0.1) is 0 Å². The van der Waals surface area contributed by atoms with Crippen LogP contribution in [0, 0.1) is 0 Å². The zero-order valence-corrected chi connectivity index (χ0v) is 11.6. The molecule has 0 aromatic carbocycles. The molecule has 0 saturated heterocycles. The molecule has 0 unspecified atom stereocenters. The van der Waals surface area contributed by atoms with E-state index in [1.165, 1.54) is 0 Å². The van der Waals surface area contributed by atoms with Gasteiger partial charge in [-0.3, -0.25) is 0 Å². The van der Waals surface area contributed by atoms with Crippen LogP contribution in [-0.4, -0.2) is 49.5 Å². The fourth-order valence-corrected chi connectivity index (χ4v) is 22.3. The van der Waals surface area contributed by atoms with E-state index in [1.54, 1.807) is 0 Å². The molecule has 6 nitrogen and oxygen atoms in total. The summed E-state index contributed by atoms with van der Waals surface area (Å²) in [6, 6.07) is 0. The molecule has 0 radical (unpaired) electrons. The molecule has 86 valence electrons. The molecule has 0 aromatic rings. The highest BCUT2D eigenvalue weighted by Gasteiger charge is 2.60. The van der Waals surface area contributed by atoms with Gasteiger partial charge < -0.3 is 0 Å². The lowest BCUT2D eigenvalue weighted by atomic mass is 11.9. The standard InChI is InChI=1S/C4H12O6S3Si/c1-11(5,6)14(4,12(2,7)8)13(3,9)10/h1-4H3. The summed E-state index contributed by atoms with van der Waals surface area (Å²) in [4.78, 5) is 0. The fraction of sp³-hybridized carbons (Fsp3) is 1.00. The van der Waals surface area contributed by atoms with Gasteiger partial charge in [0.15, 0.2) is 27.9 Å². The Morgan fingerprint density at radius 3 is 0.786 bits per heavy atom. The number of hydrogen-bond donors (Lipinski definition) is 0. The van der Waals surface area contributed by atoms with Crippen molar-refractivity contribution in [1.82, 2.24) is 0 Å². The van der Waals surface area contributed by atoms with Gasteiger partial charge >= 0.3 is 5.52 Å². The van der Waals surface area contributed by atoms with Gasteiger partial charge in [0.1, 0.15) is 0 Å². The molecule has 0 rings (SSSR count). The highest BCUT2D eigenvalue weighted by atomic mass is 32.8. The van der Waals surface area contributed by atoms with Gasteiger partial charge in [-0.2, -0.15) is 0 Å². The van der Waals surface area contributed by atoms with Crippen LogP contribution in [0.5, 0.6) is 0 Å². The van der Waals surface area contributed by atoms with Gasteiger partial charge in [-0.1, -0.05) is 0 Å². The normalized spacial score (nSPS) is 15.4. The van der Waals surface area contributed by atoms with E-state index in [2.05, 4.69) is 0 Å². The maximum atomic E-state index is 11.2. The molecule has 14 heavy (non-hydrogen) atoms. The second-order valence-corrected chi connectivity index (χ2v) is 25.9. The Labute approximate surface area is 84.0 Å². The first kappa shape index (κ1) is 14.1. The first-order valence-corrected chi connectivity index (χ1v) is 13.7. The van der Waals surface area contributed by atoms with Crippen LogP contribution in [0.2, 0.25) is 6.55 Å². The average Bonchev–Trinajstić information content (AvgIpc) is 1.77. The minimum absolute atomic E-state index is 0.640. The van der Waals surface area contributed by atoms with Crippen LogP contribution in [0.15, 0.2) is 0 Å². The minimum Gasteiger partial charge on any atom is -0.234 e. The van der Waals surface area contributed by atoms with E-state index < -0.39 is 33.4 Å². The van der Waals surface area contributed by atoms with Crippen molar-refractivity contribution in [2.75, 3.05) is 18.8 Å². The monoisotopic (exact) mass is 280 g/mol. The summed E-state index contributed by atoms with van der Waals surface area (Å²) in [5.41, 5.74) is -4.44. The van der Waals surface area contributed by atoms with Crippen LogP contribution >= 0.6 is 0 Å². The first-order chi connectivity index (χ1) is 5.75. The van der Waals surface area contributed by atoms with Crippen molar-refractivity contribution in [2.24, 2.45) is 0 Å². The summed E-state index contributed by atoms with van der Waals surface area (Å²) in [6.45, 7) is 0.812. The Morgan fingerprint density at radius 1 is 0.643 bits per heavy atom. The van der Waals surface area contributed by atoms with Crippen molar-refractivity contribution in [2.45, 2.75) is 6.55 Å². The summed E-state index contributed by atoms with van der Waals surface area (Å²) in [5, 5.41) is 0.